The Balaban J connectivity index is 2.84. The molecule has 0 unspecified atom stereocenters. The molecule has 0 N–H and O–H groups in total. The zero-order valence-electron chi connectivity index (χ0n) is 9.56. The molecule has 0 aliphatic carbocycles. The van der Waals surface area contributed by atoms with Gasteiger partial charge in [-0.15, -0.1) is 0 Å². The van der Waals surface area contributed by atoms with Gasteiger partial charge in [0, 0.05) is 5.56 Å². The number of hydrogen-bond acceptors (Lipinski definition) is 2. The zero-order chi connectivity index (χ0) is 15.6. The minimum Gasteiger partial charge on any atom is -0.487 e. The molecule has 0 saturated heterocycles. The second-order valence-corrected chi connectivity index (χ2v) is 3.76. The molecule has 0 aliphatic rings. The molecule has 0 heterocycles. The Bertz CT molecular complexity index is 482. The van der Waals surface area contributed by atoms with E-state index >= 15 is 0 Å². The first-order valence-corrected chi connectivity index (χ1v) is 5.01. The number of benzene rings is 1. The van der Waals surface area contributed by atoms with Gasteiger partial charge in [0.25, 0.3) is 0 Å². The van der Waals surface area contributed by atoms with Crippen LogP contribution in [0.2, 0.25) is 0 Å². The van der Waals surface area contributed by atoms with Crippen LogP contribution in [-0.4, -0.2) is 30.9 Å². The van der Waals surface area contributed by atoms with Crippen molar-refractivity contribution in [3.05, 3.63) is 29.8 Å². The van der Waals surface area contributed by atoms with Crippen LogP contribution in [0.1, 0.15) is 10.4 Å². The molecule has 0 aliphatic heterocycles. The largest absolute Gasteiger partial charge is 0.487 e. The van der Waals surface area contributed by atoms with Gasteiger partial charge in [0.2, 0.25) is 0 Å². The van der Waals surface area contributed by atoms with Crippen molar-refractivity contribution in [1.29, 1.82) is 0 Å². The van der Waals surface area contributed by atoms with Gasteiger partial charge >= 0.3 is 18.0 Å². The van der Waals surface area contributed by atoms with Gasteiger partial charge in [-0.3, -0.25) is 4.79 Å². The van der Waals surface area contributed by atoms with Crippen LogP contribution in [0, 0.1) is 0 Å². The first kappa shape index (κ1) is 16.3. The quantitative estimate of drug-likeness (QED) is 0.612. The number of carbonyl (C=O) groups excluding carboxylic acids is 1. The molecule has 20 heavy (non-hydrogen) atoms. The standard InChI is InChI=1S/C11H7F7O2/c12-9(13,10(14,15)11(16,17)18)6-20-8-3-1-2-7(4-8)5-19/h1-5H,6H2. The molecule has 0 saturated carbocycles. The third kappa shape index (κ3) is 3.20. The summed E-state index contributed by atoms with van der Waals surface area (Å²) in [6.45, 7) is -2.18. The lowest BCUT2D eigenvalue weighted by Gasteiger charge is -2.27. The number of hydrogen-bond donors (Lipinski definition) is 0. The fourth-order valence-electron chi connectivity index (χ4n) is 1.15. The van der Waals surface area contributed by atoms with Gasteiger partial charge in [-0.2, -0.15) is 30.7 Å². The Morgan fingerprint density at radius 2 is 1.65 bits per heavy atom. The Kier molecular flexibility index (Phi) is 4.30. The molecule has 0 spiro atoms. The number of aldehydes is 1. The van der Waals surface area contributed by atoms with Crippen LogP contribution in [0.3, 0.4) is 0 Å². The van der Waals surface area contributed by atoms with Gasteiger partial charge in [-0.25, -0.2) is 0 Å². The topological polar surface area (TPSA) is 26.3 Å². The maximum absolute atomic E-state index is 12.9. The SMILES string of the molecule is O=Cc1cccc(OCC(F)(F)C(F)(F)C(F)(F)F)c1. The van der Waals surface area contributed by atoms with E-state index in [-0.39, 0.29) is 5.56 Å². The molecule has 112 valence electrons. The number of rotatable bonds is 5. The van der Waals surface area contributed by atoms with Crippen molar-refractivity contribution in [1.82, 2.24) is 0 Å². The molecule has 2 nitrogen and oxygen atoms in total. The number of carbonyl (C=O) groups is 1. The van der Waals surface area contributed by atoms with Crippen LogP contribution in [0.5, 0.6) is 5.75 Å². The van der Waals surface area contributed by atoms with Crippen molar-refractivity contribution in [2.75, 3.05) is 6.61 Å². The summed E-state index contributed by atoms with van der Waals surface area (Å²) in [4.78, 5) is 10.4. The lowest BCUT2D eigenvalue weighted by Crippen LogP contribution is -2.54. The van der Waals surface area contributed by atoms with Crippen LogP contribution in [0.4, 0.5) is 30.7 Å². The number of alkyl halides is 7. The average molecular weight is 304 g/mol. The zero-order valence-corrected chi connectivity index (χ0v) is 9.56. The highest BCUT2D eigenvalue weighted by Gasteiger charge is 2.73. The molecule has 0 fully saturated rings. The Labute approximate surface area is 108 Å². The van der Waals surface area contributed by atoms with Crippen molar-refractivity contribution in [2.24, 2.45) is 0 Å². The van der Waals surface area contributed by atoms with Crippen molar-refractivity contribution in [3.63, 3.8) is 0 Å². The Morgan fingerprint density at radius 3 is 2.15 bits per heavy atom. The molecule has 1 aromatic rings. The molecule has 9 heteroatoms. The summed E-state index contributed by atoms with van der Waals surface area (Å²) in [5.74, 6) is -12.1. The van der Waals surface area contributed by atoms with Crippen LogP contribution in [0.15, 0.2) is 24.3 Å². The highest BCUT2D eigenvalue weighted by atomic mass is 19.4. The predicted molar refractivity (Wildman–Crippen MR) is 53.3 cm³/mol. The van der Waals surface area contributed by atoms with E-state index in [1.165, 1.54) is 12.1 Å². The summed E-state index contributed by atoms with van der Waals surface area (Å²) >= 11 is 0. The van der Waals surface area contributed by atoms with E-state index in [2.05, 4.69) is 4.74 Å². The van der Waals surface area contributed by atoms with E-state index in [9.17, 15) is 35.5 Å². The Morgan fingerprint density at radius 1 is 1.05 bits per heavy atom. The summed E-state index contributed by atoms with van der Waals surface area (Å²) in [5, 5.41) is 0. The minimum atomic E-state index is -6.40. The minimum absolute atomic E-state index is 0.00611. The molecule has 0 atom stereocenters. The summed E-state index contributed by atoms with van der Waals surface area (Å²) < 4.78 is 90.6. The summed E-state index contributed by atoms with van der Waals surface area (Å²) in [6, 6.07) is 4.42. The summed E-state index contributed by atoms with van der Waals surface area (Å²) in [5.41, 5.74) is -0.00611. The first-order valence-electron chi connectivity index (χ1n) is 5.01. The highest BCUT2D eigenvalue weighted by molar-refractivity contribution is 5.75. The Hall–Kier alpha value is -1.80. The third-order valence-corrected chi connectivity index (χ3v) is 2.23. The monoisotopic (exact) mass is 304 g/mol. The fourth-order valence-corrected chi connectivity index (χ4v) is 1.15. The number of halogens is 7. The van der Waals surface area contributed by atoms with Gasteiger partial charge in [-0.1, -0.05) is 12.1 Å². The molecule has 0 bridgehead atoms. The maximum Gasteiger partial charge on any atom is 0.460 e. The number of ether oxygens (including phenoxy) is 1. The van der Waals surface area contributed by atoms with Crippen LogP contribution >= 0.6 is 0 Å². The summed E-state index contributed by atoms with van der Waals surface area (Å²) in [6.07, 6.45) is -6.07. The van der Waals surface area contributed by atoms with Gasteiger partial charge in [0.15, 0.2) is 6.61 Å². The molecular weight excluding hydrogens is 297 g/mol. The predicted octanol–water partition coefficient (Wildman–Crippen LogP) is 3.71. The molecule has 0 radical (unpaired) electrons. The van der Waals surface area contributed by atoms with Gasteiger partial charge in [0.05, 0.1) is 0 Å². The van der Waals surface area contributed by atoms with Crippen molar-refractivity contribution in [2.45, 2.75) is 18.0 Å². The van der Waals surface area contributed by atoms with Gasteiger partial charge in [0.1, 0.15) is 12.0 Å². The van der Waals surface area contributed by atoms with E-state index in [1.807, 2.05) is 0 Å². The molecule has 1 aromatic carbocycles. The van der Waals surface area contributed by atoms with Crippen LogP contribution in [0.25, 0.3) is 0 Å². The van der Waals surface area contributed by atoms with E-state index in [1.54, 1.807) is 0 Å². The smallest absolute Gasteiger partial charge is 0.460 e. The van der Waals surface area contributed by atoms with E-state index in [4.69, 9.17) is 0 Å². The van der Waals surface area contributed by atoms with Gasteiger partial charge < -0.3 is 4.74 Å². The molecular formula is C11H7F7O2. The van der Waals surface area contributed by atoms with E-state index < -0.39 is 30.4 Å². The maximum atomic E-state index is 12.9. The fraction of sp³-hybridized carbons (Fsp3) is 0.364. The normalized spacial score (nSPS) is 13.2. The van der Waals surface area contributed by atoms with E-state index in [0.717, 1.165) is 12.1 Å². The van der Waals surface area contributed by atoms with Crippen molar-refractivity contribution < 1.29 is 40.3 Å². The highest BCUT2D eigenvalue weighted by Crippen LogP contribution is 2.46. The second-order valence-electron chi connectivity index (χ2n) is 3.76. The van der Waals surface area contributed by atoms with Gasteiger partial charge in [-0.05, 0) is 12.1 Å². The second kappa shape index (κ2) is 5.29. The molecule has 1 rings (SSSR count). The van der Waals surface area contributed by atoms with Crippen LogP contribution in [-0.2, 0) is 0 Å². The summed E-state index contributed by atoms with van der Waals surface area (Å²) in [7, 11) is 0. The lowest BCUT2D eigenvalue weighted by atomic mass is 10.1. The molecule has 0 amide bonds. The lowest BCUT2D eigenvalue weighted by molar-refractivity contribution is -0.358. The van der Waals surface area contributed by atoms with E-state index in [0.29, 0.717) is 6.29 Å². The van der Waals surface area contributed by atoms with Crippen molar-refractivity contribution in [3.8, 4) is 5.75 Å². The average Bonchev–Trinajstić information content (AvgIpc) is 2.35. The van der Waals surface area contributed by atoms with Crippen LogP contribution < -0.4 is 4.74 Å². The van der Waals surface area contributed by atoms with Crippen molar-refractivity contribution >= 4 is 6.29 Å². The molecule has 0 aromatic heterocycles. The third-order valence-electron chi connectivity index (χ3n) is 2.23. The first-order chi connectivity index (χ1) is 9.01.